The van der Waals surface area contributed by atoms with Gasteiger partial charge in [0, 0.05) is 12.1 Å². The molecule has 0 aromatic rings. The van der Waals surface area contributed by atoms with E-state index in [1.807, 2.05) is 6.08 Å². The van der Waals surface area contributed by atoms with E-state index in [0.29, 0.717) is 12.1 Å². The molecule has 0 aromatic carbocycles. The van der Waals surface area contributed by atoms with E-state index in [1.54, 1.807) is 0 Å². The van der Waals surface area contributed by atoms with Crippen LogP contribution >= 0.6 is 0 Å². The monoisotopic (exact) mass is 111 g/mol. The van der Waals surface area contributed by atoms with Crippen LogP contribution in [-0.2, 0) is 0 Å². The van der Waals surface area contributed by atoms with E-state index >= 15 is 0 Å². The van der Waals surface area contributed by atoms with Crippen molar-refractivity contribution in [2.45, 2.75) is 25.9 Å². The van der Waals surface area contributed by atoms with Crippen LogP contribution in [0.2, 0.25) is 0 Å². The van der Waals surface area contributed by atoms with Gasteiger partial charge in [-0.3, -0.25) is 0 Å². The highest BCUT2D eigenvalue weighted by Gasteiger charge is 2.35. The Bertz CT molecular complexity index is 96.6. The average Bonchev–Trinajstić information content (AvgIpc) is 2.42. The summed E-state index contributed by atoms with van der Waals surface area (Å²) in [6.45, 7) is 8.14. The fraction of sp³-hybridized carbons (Fsp3) is 0.714. The SMILES string of the molecule is C=C[C@H]1N[C@H]1C(C)C. The first-order chi connectivity index (χ1) is 3.75. The van der Waals surface area contributed by atoms with Crippen molar-refractivity contribution < 1.29 is 0 Å². The molecule has 1 fully saturated rings. The lowest BCUT2D eigenvalue weighted by molar-refractivity contribution is 0.626. The lowest BCUT2D eigenvalue weighted by atomic mass is 10.1. The molecule has 1 saturated heterocycles. The Morgan fingerprint density at radius 2 is 2.25 bits per heavy atom. The van der Waals surface area contributed by atoms with Crippen molar-refractivity contribution in [1.29, 1.82) is 0 Å². The molecule has 2 atom stereocenters. The first-order valence-corrected chi connectivity index (χ1v) is 3.14. The van der Waals surface area contributed by atoms with Gasteiger partial charge in [0.25, 0.3) is 0 Å². The number of rotatable bonds is 2. The van der Waals surface area contributed by atoms with Crippen LogP contribution in [-0.4, -0.2) is 12.1 Å². The van der Waals surface area contributed by atoms with Gasteiger partial charge in [0.2, 0.25) is 0 Å². The van der Waals surface area contributed by atoms with Gasteiger partial charge in [-0.05, 0) is 5.92 Å². The topological polar surface area (TPSA) is 21.9 Å². The average molecular weight is 111 g/mol. The molecule has 0 aromatic heterocycles. The first kappa shape index (κ1) is 5.83. The van der Waals surface area contributed by atoms with Crippen LogP contribution in [0.25, 0.3) is 0 Å². The van der Waals surface area contributed by atoms with E-state index in [-0.39, 0.29) is 0 Å². The molecule has 1 aliphatic rings. The second-order valence-corrected chi connectivity index (χ2v) is 2.70. The minimum absolute atomic E-state index is 0.606. The zero-order valence-electron chi connectivity index (χ0n) is 5.52. The van der Waals surface area contributed by atoms with Crippen molar-refractivity contribution in [1.82, 2.24) is 5.32 Å². The minimum Gasteiger partial charge on any atom is -0.304 e. The van der Waals surface area contributed by atoms with Gasteiger partial charge in [-0.2, -0.15) is 0 Å². The van der Waals surface area contributed by atoms with Gasteiger partial charge in [0.1, 0.15) is 0 Å². The summed E-state index contributed by atoms with van der Waals surface area (Å²) in [5.74, 6) is 0.762. The molecule has 0 radical (unpaired) electrons. The van der Waals surface area contributed by atoms with Crippen LogP contribution in [0.4, 0.5) is 0 Å². The van der Waals surface area contributed by atoms with Crippen LogP contribution in [0.3, 0.4) is 0 Å². The largest absolute Gasteiger partial charge is 0.304 e. The lowest BCUT2D eigenvalue weighted by Crippen LogP contribution is -2.01. The lowest BCUT2D eigenvalue weighted by Gasteiger charge is -1.95. The van der Waals surface area contributed by atoms with Crippen LogP contribution in [0, 0.1) is 5.92 Å². The van der Waals surface area contributed by atoms with E-state index in [9.17, 15) is 0 Å². The van der Waals surface area contributed by atoms with Crippen molar-refractivity contribution in [3.8, 4) is 0 Å². The third kappa shape index (κ3) is 0.920. The van der Waals surface area contributed by atoms with Gasteiger partial charge in [0.05, 0.1) is 0 Å². The molecule has 1 heteroatoms. The smallest absolute Gasteiger partial charge is 0.0408 e. The van der Waals surface area contributed by atoms with Crippen LogP contribution in [0.5, 0.6) is 0 Å². The number of nitrogens with one attached hydrogen (secondary N) is 1. The third-order valence-electron chi connectivity index (χ3n) is 1.63. The molecular weight excluding hydrogens is 98.1 g/mol. The van der Waals surface area contributed by atoms with Gasteiger partial charge in [-0.25, -0.2) is 0 Å². The number of hydrogen-bond donors (Lipinski definition) is 1. The summed E-state index contributed by atoms with van der Waals surface area (Å²) in [5, 5.41) is 3.30. The van der Waals surface area contributed by atoms with Gasteiger partial charge in [-0.1, -0.05) is 19.9 Å². The standard InChI is InChI=1S/C7H13N/c1-4-6-7(8-6)5(2)3/h4-8H,1H2,2-3H3/t6-,7+/m1/s1. The molecule has 1 aliphatic heterocycles. The normalized spacial score (nSPS) is 35.4. The summed E-state index contributed by atoms with van der Waals surface area (Å²) in [6, 6.07) is 1.32. The molecule has 0 bridgehead atoms. The van der Waals surface area contributed by atoms with Gasteiger partial charge in [0.15, 0.2) is 0 Å². The fourth-order valence-electron chi connectivity index (χ4n) is 0.988. The van der Waals surface area contributed by atoms with Crippen molar-refractivity contribution >= 4 is 0 Å². The summed E-state index contributed by atoms with van der Waals surface area (Å²) in [6.07, 6.45) is 1.98. The van der Waals surface area contributed by atoms with E-state index in [4.69, 9.17) is 0 Å². The second-order valence-electron chi connectivity index (χ2n) is 2.70. The predicted molar refractivity (Wildman–Crippen MR) is 35.7 cm³/mol. The Labute approximate surface area is 50.8 Å². The Morgan fingerprint density at radius 3 is 2.38 bits per heavy atom. The molecule has 46 valence electrons. The van der Waals surface area contributed by atoms with Crippen LogP contribution < -0.4 is 5.32 Å². The second kappa shape index (κ2) is 1.90. The van der Waals surface area contributed by atoms with Crippen LogP contribution in [0.15, 0.2) is 12.7 Å². The minimum atomic E-state index is 0.606. The van der Waals surface area contributed by atoms with E-state index in [0.717, 1.165) is 5.92 Å². The molecule has 1 nitrogen and oxygen atoms in total. The highest BCUT2D eigenvalue weighted by molar-refractivity contribution is 5.09. The molecule has 0 unspecified atom stereocenters. The maximum Gasteiger partial charge on any atom is 0.0408 e. The van der Waals surface area contributed by atoms with Crippen LogP contribution in [0.1, 0.15) is 13.8 Å². The fourth-order valence-corrected chi connectivity index (χ4v) is 0.988. The molecular formula is C7H13N. The molecule has 0 spiro atoms. The molecule has 0 saturated carbocycles. The number of hydrogen-bond acceptors (Lipinski definition) is 1. The van der Waals surface area contributed by atoms with Crippen molar-refractivity contribution in [2.24, 2.45) is 5.92 Å². The Kier molecular flexibility index (Phi) is 1.39. The van der Waals surface area contributed by atoms with Gasteiger partial charge in [-0.15, -0.1) is 6.58 Å². The van der Waals surface area contributed by atoms with E-state index in [2.05, 4.69) is 25.7 Å². The summed E-state index contributed by atoms with van der Waals surface area (Å²) >= 11 is 0. The highest BCUT2D eigenvalue weighted by Crippen LogP contribution is 2.19. The van der Waals surface area contributed by atoms with Gasteiger partial charge < -0.3 is 5.32 Å². The molecule has 1 N–H and O–H groups in total. The maximum atomic E-state index is 3.69. The van der Waals surface area contributed by atoms with Crippen molar-refractivity contribution in [2.75, 3.05) is 0 Å². The predicted octanol–water partition coefficient (Wildman–Crippen LogP) is 1.17. The zero-order valence-corrected chi connectivity index (χ0v) is 5.52. The van der Waals surface area contributed by atoms with Crippen molar-refractivity contribution in [3.63, 3.8) is 0 Å². The van der Waals surface area contributed by atoms with Crippen molar-refractivity contribution in [3.05, 3.63) is 12.7 Å². The summed E-state index contributed by atoms with van der Waals surface area (Å²) in [5.41, 5.74) is 0. The summed E-state index contributed by atoms with van der Waals surface area (Å²) in [7, 11) is 0. The molecule has 0 amide bonds. The van der Waals surface area contributed by atoms with E-state index < -0.39 is 0 Å². The summed E-state index contributed by atoms with van der Waals surface area (Å²) < 4.78 is 0. The molecule has 0 aliphatic carbocycles. The first-order valence-electron chi connectivity index (χ1n) is 3.14. The Hall–Kier alpha value is -0.300. The van der Waals surface area contributed by atoms with Gasteiger partial charge >= 0.3 is 0 Å². The highest BCUT2D eigenvalue weighted by atomic mass is 15.1. The third-order valence-corrected chi connectivity index (χ3v) is 1.63. The van der Waals surface area contributed by atoms with E-state index in [1.165, 1.54) is 0 Å². The molecule has 1 rings (SSSR count). The summed E-state index contributed by atoms with van der Waals surface area (Å²) in [4.78, 5) is 0. The molecule has 1 heterocycles. The molecule has 8 heavy (non-hydrogen) atoms. The Balaban J connectivity index is 2.26. The maximum absolute atomic E-state index is 3.69. The Morgan fingerprint density at radius 1 is 1.62 bits per heavy atom. The quantitative estimate of drug-likeness (QED) is 0.419. The zero-order chi connectivity index (χ0) is 6.15.